The molecule has 1 aliphatic heterocycles. The number of amides is 3. The molecular formula is C20H19BrN2O3. The Morgan fingerprint density at radius 1 is 1.15 bits per heavy atom. The van der Waals surface area contributed by atoms with E-state index in [9.17, 15) is 9.59 Å². The molecule has 5 nitrogen and oxygen atoms in total. The molecule has 1 saturated heterocycles. The summed E-state index contributed by atoms with van der Waals surface area (Å²) in [5.41, 5.74) is 1.15. The smallest absolute Gasteiger partial charge is 0.325 e. The van der Waals surface area contributed by atoms with Gasteiger partial charge in [-0.3, -0.25) is 9.69 Å². The molecular weight excluding hydrogens is 396 g/mol. The van der Waals surface area contributed by atoms with Crippen molar-refractivity contribution >= 4 is 27.9 Å². The van der Waals surface area contributed by atoms with Crippen LogP contribution in [0.4, 0.5) is 4.79 Å². The number of hydrogen-bond donors (Lipinski definition) is 1. The molecule has 3 amide bonds. The van der Waals surface area contributed by atoms with Crippen LogP contribution >= 0.6 is 15.9 Å². The lowest BCUT2D eigenvalue weighted by molar-refractivity contribution is -0.132. The molecule has 2 aromatic rings. The van der Waals surface area contributed by atoms with Gasteiger partial charge in [0.05, 0.1) is 6.54 Å². The third-order valence-electron chi connectivity index (χ3n) is 5.03. The summed E-state index contributed by atoms with van der Waals surface area (Å²) in [6.45, 7) is 0.481. The molecule has 1 atom stereocenters. The van der Waals surface area contributed by atoms with Gasteiger partial charge in [0.25, 0.3) is 5.91 Å². The first-order chi connectivity index (χ1) is 12.6. The summed E-state index contributed by atoms with van der Waals surface area (Å²) >= 11 is 3.39. The van der Waals surface area contributed by atoms with Gasteiger partial charge in [0.15, 0.2) is 0 Å². The van der Waals surface area contributed by atoms with Crippen molar-refractivity contribution < 1.29 is 14.3 Å². The van der Waals surface area contributed by atoms with Gasteiger partial charge in [0.2, 0.25) is 0 Å². The van der Waals surface area contributed by atoms with Crippen LogP contribution in [0.2, 0.25) is 0 Å². The number of urea groups is 1. The summed E-state index contributed by atoms with van der Waals surface area (Å²) < 4.78 is 6.61. The Balaban J connectivity index is 1.50. The minimum Gasteiger partial charge on any atom is -0.492 e. The Morgan fingerprint density at radius 3 is 2.85 bits per heavy atom. The van der Waals surface area contributed by atoms with Crippen LogP contribution in [0.1, 0.15) is 24.0 Å². The zero-order valence-corrected chi connectivity index (χ0v) is 15.8. The lowest BCUT2D eigenvalue weighted by atomic mass is 9.76. The fourth-order valence-corrected chi connectivity index (χ4v) is 4.20. The zero-order valence-electron chi connectivity index (χ0n) is 14.2. The summed E-state index contributed by atoms with van der Waals surface area (Å²) in [5.74, 6) is 0.525. The van der Waals surface area contributed by atoms with Crippen LogP contribution in [0.15, 0.2) is 53.0 Å². The predicted octanol–water partition coefficient (Wildman–Crippen LogP) is 3.61. The molecule has 2 aliphatic rings. The number of benzene rings is 2. The van der Waals surface area contributed by atoms with E-state index in [0.717, 1.165) is 28.4 Å². The predicted molar refractivity (Wildman–Crippen MR) is 101 cm³/mol. The van der Waals surface area contributed by atoms with E-state index in [1.165, 1.54) is 4.90 Å². The van der Waals surface area contributed by atoms with Gasteiger partial charge < -0.3 is 10.1 Å². The summed E-state index contributed by atoms with van der Waals surface area (Å²) in [6, 6.07) is 15.0. The van der Waals surface area contributed by atoms with Crippen LogP contribution in [0.3, 0.4) is 0 Å². The van der Waals surface area contributed by atoms with Crippen molar-refractivity contribution in [2.45, 2.75) is 24.8 Å². The number of rotatable bonds is 4. The van der Waals surface area contributed by atoms with Gasteiger partial charge in [0, 0.05) is 4.47 Å². The van der Waals surface area contributed by atoms with Crippen LogP contribution in [0.5, 0.6) is 5.75 Å². The summed E-state index contributed by atoms with van der Waals surface area (Å²) in [4.78, 5) is 26.9. The van der Waals surface area contributed by atoms with Crippen molar-refractivity contribution in [3.8, 4) is 5.75 Å². The quantitative estimate of drug-likeness (QED) is 0.777. The molecule has 4 rings (SSSR count). The normalized spacial score (nSPS) is 21.7. The number of aryl methyl sites for hydroxylation is 1. The number of carbonyl (C=O) groups is 2. The Labute approximate surface area is 160 Å². The highest BCUT2D eigenvalue weighted by Crippen LogP contribution is 2.39. The number of ether oxygens (including phenoxy) is 1. The molecule has 1 heterocycles. The molecule has 26 heavy (non-hydrogen) atoms. The molecule has 1 N–H and O–H groups in total. The molecule has 6 heteroatoms. The van der Waals surface area contributed by atoms with E-state index in [2.05, 4.69) is 21.2 Å². The van der Waals surface area contributed by atoms with Crippen LogP contribution in [0, 0.1) is 0 Å². The van der Waals surface area contributed by atoms with Gasteiger partial charge in [0.1, 0.15) is 17.9 Å². The second kappa shape index (κ2) is 6.76. The number of nitrogens with zero attached hydrogens (tertiary/aromatic N) is 1. The number of nitrogens with one attached hydrogen (secondary N) is 1. The standard InChI is InChI=1S/C20H19BrN2O3/c21-15-7-3-8-16(13-15)26-12-11-23-18(24)20(22-19(23)25)10-4-6-14-5-1-2-9-17(14)20/h1-3,5,7-9,13H,4,6,10-12H2,(H,22,25). The Kier molecular flexibility index (Phi) is 4.44. The SMILES string of the molecule is O=C1NC2(CCCc3ccccc32)C(=O)N1CCOc1cccc(Br)c1. The molecule has 0 saturated carbocycles. The van der Waals surface area contributed by atoms with Crippen LogP contribution in [-0.2, 0) is 16.8 Å². The van der Waals surface area contributed by atoms with E-state index in [1.807, 2.05) is 48.5 Å². The van der Waals surface area contributed by atoms with Crippen molar-refractivity contribution in [2.75, 3.05) is 13.2 Å². The van der Waals surface area contributed by atoms with Gasteiger partial charge >= 0.3 is 6.03 Å². The maximum Gasteiger partial charge on any atom is 0.325 e. The first kappa shape index (κ1) is 17.1. The molecule has 1 spiro atoms. The van der Waals surface area contributed by atoms with Gasteiger partial charge in [-0.25, -0.2) is 4.79 Å². The minimum absolute atomic E-state index is 0.174. The first-order valence-electron chi connectivity index (χ1n) is 8.71. The van der Waals surface area contributed by atoms with Crippen LogP contribution in [0.25, 0.3) is 0 Å². The average molecular weight is 415 g/mol. The third kappa shape index (κ3) is 2.88. The second-order valence-corrected chi connectivity index (χ2v) is 7.52. The molecule has 0 radical (unpaired) electrons. The van der Waals surface area contributed by atoms with Crippen LogP contribution in [-0.4, -0.2) is 30.0 Å². The van der Waals surface area contributed by atoms with E-state index in [4.69, 9.17) is 4.74 Å². The number of carbonyl (C=O) groups excluding carboxylic acids is 2. The van der Waals surface area contributed by atoms with E-state index >= 15 is 0 Å². The van der Waals surface area contributed by atoms with Crippen molar-refractivity contribution in [3.63, 3.8) is 0 Å². The van der Waals surface area contributed by atoms with E-state index in [-0.39, 0.29) is 25.1 Å². The number of fused-ring (bicyclic) bond motifs is 2. The maximum absolute atomic E-state index is 13.1. The highest BCUT2D eigenvalue weighted by Gasteiger charge is 2.53. The lowest BCUT2D eigenvalue weighted by Gasteiger charge is -2.33. The second-order valence-electron chi connectivity index (χ2n) is 6.61. The average Bonchev–Trinajstić information content (AvgIpc) is 2.87. The molecule has 1 fully saturated rings. The van der Waals surface area contributed by atoms with Gasteiger partial charge in [-0.1, -0.05) is 46.3 Å². The largest absolute Gasteiger partial charge is 0.492 e. The third-order valence-corrected chi connectivity index (χ3v) is 5.52. The Morgan fingerprint density at radius 2 is 2.00 bits per heavy atom. The van der Waals surface area contributed by atoms with E-state index in [0.29, 0.717) is 12.2 Å². The number of hydrogen-bond acceptors (Lipinski definition) is 3. The van der Waals surface area contributed by atoms with Crippen molar-refractivity contribution in [3.05, 3.63) is 64.1 Å². The lowest BCUT2D eigenvalue weighted by Crippen LogP contribution is -2.46. The number of halogens is 1. The minimum atomic E-state index is -0.915. The number of imide groups is 1. The summed E-state index contributed by atoms with van der Waals surface area (Å²) in [7, 11) is 0. The molecule has 1 aliphatic carbocycles. The molecule has 1 unspecified atom stereocenters. The zero-order chi connectivity index (χ0) is 18.1. The fraction of sp³-hybridized carbons (Fsp3) is 0.300. The Hall–Kier alpha value is -2.34. The highest BCUT2D eigenvalue weighted by molar-refractivity contribution is 9.10. The van der Waals surface area contributed by atoms with Gasteiger partial charge in [-0.15, -0.1) is 0 Å². The maximum atomic E-state index is 13.1. The van der Waals surface area contributed by atoms with Crippen molar-refractivity contribution in [1.82, 2.24) is 10.2 Å². The van der Waals surface area contributed by atoms with Crippen molar-refractivity contribution in [1.29, 1.82) is 0 Å². The molecule has 2 aromatic carbocycles. The fourth-order valence-electron chi connectivity index (χ4n) is 3.83. The monoisotopic (exact) mass is 414 g/mol. The van der Waals surface area contributed by atoms with E-state index < -0.39 is 5.54 Å². The summed E-state index contributed by atoms with van der Waals surface area (Å²) in [5, 5.41) is 2.96. The van der Waals surface area contributed by atoms with Crippen LogP contribution < -0.4 is 10.1 Å². The molecule has 0 bridgehead atoms. The van der Waals surface area contributed by atoms with Gasteiger partial charge in [-0.05, 0) is 48.6 Å². The first-order valence-corrected chi connectivity index (χ1v) is 9.50. The summed E-state index contributed by atoms with van der Waals surface area (Å²) in [6.07, 6.45) is 2.45. The van der Waals surface area contributed by atoms with Crippen molar-refractivity contribution in [2.24, 2.45) is 0 Å². The topological polar surface area (TPSA) is 58.6 Å². The van der Waals surface area contributed by atoms with Gasteiger partial charge in [-0.2, -0.15) is 0 Å². The highest BCUT2D eigenvalue weighted by atomic mass is 79.9. The Bertz CT molecular complexity index is 870. The molecule has 134 valence electrons. The van der Waals surface area contributed by atoms with E-state index in [1.54, 1.807) is 0 Å². The molecule has 0 aromatic heterocycles.